The van der Waals surface area contributed by atoms with Crippen LogP contribution in [0.1, 0.15) is 29.3 Å². The number of carbonyl (C=O) groups is 2. The number of Topliss-reactive ketones (excluding diaryl/α,β-unsaturated/α-hetero) is 1. The second-order valence-corrected chi connectivity index (χ2v) is 6.80. The van der Waals surface area contributed by atoms with Crippen LogP contribution in [-0.4, -0.2) is 77.3 Å². The van der Waals surface area contributed by atoms with Crippen molar-refractivity contribution in [3.05, 3.63) is 47.5 Å². The van der Waals surface area contributed by atoms with Gasteiger partial charge in [0.2, 0.25) is 0 Å². The molecule has 0 bridgehead atoms. The number of ketones is 1. The summed E-state index contributed by atoms with van der Waals surface area (Å²) in [5, 5.41) is 72.6. The van der Waals surface area contributed by atoms with Crippen LogP contribution in [-0.2, 0) is 11.2 Å². The largest absolute Gasteiger partial charge is 0.508 e. The van der Waals surface area contributed by atoms with E-state index in [4.69, 9.17) is 25.5 Å². The molecule has 31 heavy (non-hydrogen) atoms. The van der Waals surface area contributed by atoms with Crippen LogP contribution in [0, 0.1) is 0 Å². The van der Waals surface area contributed by atoms with Crippen molar-refractivity contribution in [1.82, 2.24) is 0 Å². The Kier molecular flexibility index (Phi) is 9.90. The Hall–Kier alpha value is -3.18. The van der Waals surface area contributed by atoms with E-state index < -0.39 is 41.7 Å². The molecule has 0 aromatic heterocycles. The van der Waals surface area contributed by atoms with Crippen LogP contribution in [0.5, 0.6) is 23.0 Å². The highest BCUT2D eigenvalue weighted by Gasteiger charge is 2.27. The molecule has 0 saturated carbocycles. The van der Waals surface area contributed by atoms with Crippen molar-refractivity contribution in [3.8, 4) is 23.0 Å². The first-order valence-corrected chi connectivity index (χ1v) is 9.21. The molecule has 170 valence electrons. The summed E-state index contributed by atoms with van der Waals surface area (Å²) in [6, 6.07) is 8.45. The molecule has 10 nitrogen and oxygen atoms in total. The van der Waals surface area contributed by atoms with Crippen molar-refractivity contribution in [3.63, 3.8) is 0 Å². The molecule has 0 heterocycles. The zero-order valence-corrected chi connectivity index (χ0v) is 16.7. The van der Waals surface area contributed by atoms with Gasteiger partial charge in [-0.2, -0.15) is 0 Å². The van der Waals surface area contributed by atoms with Crippen LogP contribution in [0.25, 0.3) is 0 Å². The highest BCUT2D eigenvalue weighted by molar-refractivity contribution is 6.01. The van der Waals surface area contributed by atoms with E-state index in [9.17, 15) is 24.9 Å². The third-order valence-corrected chi connectivity index (χ3v) is 4.27. The molecule has 10 heteroatoms. The Morgan fingerprint density at radius 3 is 1.84 bits per heavy atom. The predicted molar refractivity (Wildman–Crippen MR) is 108 cm³/mol. The fourth-order valence-corrected chi connectivity index (χ4v) is 2.50. The third kappa shape index (κ3) is 7.87. The zero-order chi connectivity index (χ0) is 23.7. The van der Waals surface area contributed by atoms with Gasteiger partial charge in [0.25, 0.3) is 0 Å². The molecular formula is C21H26O10. The van der Waals surface area contributed by atoms with Crippen molar-refractivity contribution in [2.24, 2.45) is 0 Å². The summed E-state index contributed by atoms with van der Waals surface area (Å²) in [6.45, 7) is 1.24. The number of aliphatic hydroxyl groups excluding tert-OH is 4. The lowest BCUT2D eigenvalue weighted by molar-refractivity contribution is -0.132. The van der Waals surface area contributed by atoms with Gasteiger partial charge in [0.15, 0.2) is 12.1 Å². The number of aliphatic hydroxyl groups is 4. The number of carbonyl (C=O) groups excluding carboxylic acids is 2. The lowest BCUT2D eigenvalue weighted by Crippen LogP contribution is -2.43. The molecule has 2 rings (SSSR count). The number of aromatic hydroxyl groups is 4. The number of aryl methyl sites for hydroxylation is 1. The summed E-state index contributed by atoms with van der Waals surface area (Å²) in [5.41, 5.74) is 0.662. The average molecular weight is 438 g/mol. The normalized spacial score (nSPS) is 14.5. The van der Waals surface area contributed by atoms with E-state index >= 15 is 0 Å². The highest BCUT2D eigenvalue weighted by atomic mass is 16.4. The number of phenolic OH excluding ortho intramolecular Hbond substituents is 4. The molecule has 0 amide bonds. The predicted octanol–water partition coefficient (Wildman–Crippen LogP) is -0.0267. The fraction of sp³-hybridized carbons (Fsp3) is 0.333. The lowest BCUT2D eigenvalue weighted by Gasteiger charge is -2.21. The average Bonchev–Trinajstić information content (AvgIpc) is 2.71. The lowest BCUT2D eigenvalue weighted by atomic mass is 10.0. The van der Waals surface area contributed by atoms with Gasteiger partial charge in [0.1, 0.15) is 46.9 Å². The van der Waals surface area contributed by atoms with Gasteiger partial charge in [-0.15, -0.1) is 0 Å². The molecule has 0 unspecified atom stereocenters. The van der Waals surface area contributed by atoms with Gasteiger partial charge in [-0.05, 0) is 31.0 Å². The quantitative estimate of drug-likeness (QED) is 0.205. The maximum Gasteiger partial charge on any atom is 0.170 e. The van der Waals surface area contributed by atoms with Gasteiger partial charge >= 0.3 is 0 Å². The van der Waals surface area contributed by atoms with Gasteiger partial charge in [-0.25, -0.2) is 0 Å². The Morgan fingerprint density at radius 1 is 0.871 bits per heavy atom. The Morgan fingerprint density at radius 2 is 1.39 bits per heavy atom. The van der Waals surface area contributed by atoms with Crippen molar-refractivity contribution in [2.45, 2.75) is 44.2 Å². The van der Waals surface area contributed by atoms with Crippen LogP contribution in [0.15, 0.2) is 36.4 Å². The molecule has 2 aromatic rings. The standard InChI is InChI=1S/C15H14O5.C6H12O5/c16-10-4-1-9(2-5-10)3-6-12(18)15-13(19)7-11(17)8-14(15)20;1-3(8)5(10)6(11)4(9)2-7/h1-2,4-5,7-8,16-17,19-20H,3,6H2;2-6,8-11H,1H3/t;3-,4-,5-,6-/m.0/s1. The molecule has 0 radical (unpaired) electrons. The molecule has 0 spiro atoms. The number of rotatable bonds is 8. The van der Waals surface area contributed by atoms with E-state index in [0.29, 0.717) is 6.42 Å². The van der Waals surface area contributed by atoms with Gasteiger partial charge in [0.05, 0.1) is 6.10 Å². The van der Waals surface area contributed by atoms with Crippen LogP contribution in [0.3, 0.4) is 0 Å². The molecule has 2 aromatic carbocycles. The van der Waals surface area contributed by atoms with Crippen molar-refractivity contribution in [2.75, 3.05) is 0 Å². The number of hydrogen-bond donors (Lipinski definition) is 8. The Balaban J connectivity index is 0.000000373. The summed E-state index contributed by atoms with van der Waals surface area (Å²) in [4.78, 5) is 21.9. The maximum atomic E-state index is 12.0. The van der Waals surface area contributed by atoms with E-state index in [-0.39, 0.29) is 29.8 Å². The first-order valence-electron chi connectivity index (χ1n) is 9.21. The summed E-state index contributed by atoms with van der Waals surface area (Å²) >= 11 is 0. The minimum atomic E-state index is -1.65. The SMILES string of the molecule is C[C@H](O)[C@H](O)[C@@H](O)[C@@H](O)C=O.O=C(CCc1ccc(O)cc1)c1c(O)cc(O)cc1O. The van der Waals surface area contributed by atoms with E-state index in [1.54, 1.807) is 12.1 Å². The number of hydrogen-bond acceptors (Lipinski definition) is 10. The van der Waals surface area contributed by atoms with Gasteiger partial charge in [-0.1, -0.05) is 12.1 Å². The van der Waals surface area contributed by atoms with Gasteiger partial charge < -0.3 is 45.6 Å². The number of phenols is 4. The summed E-state index contributed by atoms with van der Waals surface area (Å²) < 4.78 is 0. The maximum absolute atomic E-state index is 12.0. The summed E-state index contributed by atoms with van der Waals surface area (Å²) in [5.74, 6) is -1.48. The van der Waals surface area contributed by atoms with Crippen molar-refractivity contribution < 1.29 is 50.4 Å². The second kappa shape index (κ2) is 11.9. The van der Waals surface area contributed by atoms with Crippen LogP contribution >= 0.6 is 0 Å². The fourth-order valence-electron chi connectivity index (χ4n) is 2.50. The van der Waals surface area contributed by atoms with Crippen LogP contribution < -0.4 is 0 Å². The van der Waals surface area contributed by atoms with Crippen LogP contribution in [0.4, 0.5) is 0 Å². The second-order valence-electron chi connectivity index (χ2n) is 6.80. The molecule has 0 aliphatic rings. The Bertz CT molecular complexity index is 840. The molecule has 0 fully saturated rings. The summed E-state index contributed by atoms with van der Waals surface area (Å²) in [6.07, 6.45) is -5.37. The zero-order valence-electron chi connectivity index (χ0n) is 16.7. The minimum Gasteiger partial charge on any atom is -0.508 e. The third-order valence-electron chi connectivity index (χ3n) is 4.27. The smallest absolute Gasteiger partial charge is 0.170 e. The van der Waals surface area contributed by atoms with E-state index in [1.165, 1.54) is 19.1 Å². The van der Waals surface area contributed by atoms with E-state index in [1.807, 2.05) is 0 Å². The number of benzene rings is 2. The van der Waals surface area contributed by atoms with Gasteiger partial charge in [0, 0.05) is 18.6 Å². The Labute approximate surface area is 177 Å². The molecule has 4 atom stereocenters. The van der Waals surface area contributed by atoms with Crippen molar-refractivity contribution in [1.29, 1.82) is 0 Å². The number of aldehydes is 1. The van der Waals surface area contributed by atoms with E-state index in [0.717, 1.165) is 17.7 Å². The van der Waals surface area contributed by atoms with Gasteiger partial charge in [-0.3, -0.25) is 4.79 Å². The first kappa shape index (κ1) is 25.9. The van der Waals surface area contributed by atoms with Crippen molar-refractivity contribution >= 4 is 12.1 Å². The highest BCUT2D eigenvalue weighted by Crippen LogP contribution is 2.33. The summed E-state index contributed by atoms with van der Waals surface area (Å²) in [7, 11) is 0. The molecule has 0 aliphatic heterocycles. The first-order chi connectivity index (χ1) is 14.5. The molecule has 0 saturated heterocycles. The van der Waals surface area contributed by atoms with E-state index in [2.05, 4.69) is 0 Å². The minimum absolute atomic E-state index is 0.0935. The van der Waals surface area contributed by atoms with Crippen LogP contribution in [0.2, 0.25) is 0 Å². The molecule has 8 N–H and O–H groups in total. The monoisotopic (exact) mass is 438 g/mol. The molecule has 0 aliphatic carbocycles. The molecular weight excluding hydrogens is 412 g/mol. The topological polar surface area (TPSA) is 196 Å².